The van der Waals surface area contributed by atoms with Crippen LogP contribution in [0.5, 0.6) is 5.75 Å². The summed E-state index contributed by atoms with van der Waals surface area (Å²) in [5.41, 5.74) is 4.53. The smallest absolute Gasteiger partial charge is 0.341 e. The molecule has 1 amide bonds. The van der Waals surface area contributed by atoms with E-state index in [0.717, 1.165) is 13.0 Å². The van der Waals surface area contributed by atoms with Gasteiger partial charge in [0.15, 0.2) is 11.6 Å². The Hall–Kier alpha value is -3.30. The van der Waals surface area contributed by atoms with Gasteiger partial charge in [-0.3, -0.25) is 9.59 Å². The molecule has 1 aromatic carbocycles. The average molecular weight is 418 g/mol. The minimum atomic E-state index is -1.40. The van der Waals surface area contributed by atoms with Gasteiger partial charge in [-0.25, -0.2) is 9.18 Å². The van der Waals surface area contributed by atoms with Crippen molar-refractivity contribution in [3.05, 3.63) is 27.8 Å². The SMILES string of the molecule is C[C@H]1COc2c(NCCCN3CCCC3=O)c(F)c(N)c3c(=O)c(C(=O)O)cn1c23. The molecule has 4 N–H and O–H groups in total. The number of amides is 1. The minimum absolute atomic E-state index is 0.0378. The highest BCUT2D eigenvalue weighted by Gasteiger charge is 2.30. The molecule has 0 saturated carbocycles. The van der Waals surface area contributed by atoms with Crippen LogP contribution in [0.2, 0.25) is 0 Å². The number of hydrogen-bond acceptors (Lipinski definition) is 6. The number of carboxylic acids is 1. The summed E-state index contributed by atoms with van der Waals surface area (Å²) in [7, 11) is 0. The van der Waals surface area contributed by atoms with Gasteiger partial charge in [0, 0.05) is 32.3 Å². The molecule has 10 heteroatoms. The van der Waals surface area contributed by atoms with Crippen molar-refractivity contribution in [2.24, 2.45) is 0 Å². The van der Waals surface area contributed by atoms with Gasteiger partial charge in [0.1, 0.15) is 17.9 Å². The average Bonchev–Trinajstić information content (AvgIpc) is 3.11. The summed E-state index contributed by atoms with van der Waals surface area (Å²) in [5.74, 6) is -1.98. The second-order valence-corrected chi connectivity index (χ2v) is 7.66. The molecule has 0 unspecified atom stereocenters. The van der Waals surface area contributed by atoms with Crippen molar-refractivity contribution < 1.29 is 23.8 Å². The monoisotopic (exact) mass is 418 g/mol. The lowest BCUT2D eigenvalue weighted by Crippen LogP contribution is -2.29. The minimum Gasteiger partial charge on any atom is -0.487 e. The van der Waals surface area contributed by atoms with Crippen molar-refractivity contribution >= 4 is 34.2 Å². The second-order valence-electron chi connectivity index (χ2n) is 7.66. The van der Waals surface area contributed by atoms with Gasteiger partial charge in [0.2, 0.25) is 11.3 Å². The molecule has 1 aromatic heterocycles. The fraction of sp³-hybridized carbons (Fsp3) is 0.450. The zero-order valence-corrected chi connectivity index (χ0v) is 16.5. The maximum absolute atomic E-state index is 15.1. The lowest BCUT2D eigenvalue weighted by atomic mass is 10.0. The predicted octanol–water partition coefficient (Wildman–Crippen LogP) is 1.80. The number of anilines is 2. The van der Waals surface area contributed by atoms with Crippen molar-refractivity contribution in [1.29, 1.82) is 0 Å². The summed E-state index contributed by atoms with van der Waals surface area (Å²) < 4.78 is 22.5. The first-order valence-electron chi connectivity index (χ1n) is 9.88. The van der Waals surface area contributed by atoms with Gasteiger partial charge < -0.3 is 30.4 Å². The molecule has 0 aliphatic carbocycles. The third kappa shape index (κ3) is 3.12. The molecule has 1 fully saturated rings. The van der Waals surface area contributed by atoms with Gasteiger partial charge in [-0.1, -0.05) is 0 Å². The zero-order chi connectivity index (χ0) is 21.6. The Morgan fingerprint density at radius 1 is 1.43 bits per heavy atom. The van der Waals surface area contributed by atoms with Crippen molar-refractivity contribution in [3.63, 3.8) is 0 Å². The molecule has 160 valence electrons. The zero-order valence-electron chi connectivity index (χ0n) is 16.5. The number of benzene rings is 1. The van der Waals surface area contributed by atoms with E-state index in [1.807, 2.05) is 0 Å². The summed E-state index contributed by atoms with van der Waals surface area (Å²) in [4.78, 5) is 37.7. The van der Waals surface area contributed by atoms with Gasteiger partial charge in [0.05, 0.1) is 22.6 Å². The first-order chi connectivity index (χ1) is 14.3. The summed E-state index contributed by atoms with van der Waals surface area (Å²) >= 11 is 0. The number of aromatic carboxylic acids is 1. The third-order valence-corrected chi connectivity index (χ3v) is 5.65. The van der Waals surface area contributed by atoms with Crippen LogP contribution in [-0.2, 0) is 4.79 Å². The number of hydrogen-bond donors (Lipinski definition) is 3. The summed E-state index contributed by atoms with van der Waals surface area (Å²) in [6.07, 6.45) is 3.27. The number of likely N-dealkylation sites (tertiary alicyclic amines) is 1. The molecule has 0 bridgehead atoms. The van der Waals surface area contributed by atoms with Crippen LogP contribution in [0.1, 0.15) is 42.6 Å². The van der Waals surface area contributed by atoms with E-state index < -0.39 is 28.5 Å². The van der Waals surface area contributed by atoms with Crippen LogP contribution in [0.15, 0.2) is 11.0 Å². The van der Waals surface area contributed by atoms with Gasteiger partial charge in [-0.05, 0) is 19.8 Å². The number of ether oxygens (including phenoxy) is 1. The Morgan fingerprint density at radius 3 is 2.87 bits per heavy atom. The van der Waals surface area contributed by atoms with Crippen molar-refractivity contribution in [3.8, 4) is 5.75 Å². The fourth-order valence-electron chi connectivity index (χ4n) is 4.08. The third-order valence-electron chi connectivity index (χ3n) is 5.65. The van der Waals surface area contributed by atoms with E-state index in [2.05, 4.69) is 5.32 Å². The van der Waals surface area contributed by atoms with Crippen LogP contribution in [0.25, 0.3) is 10.9 Å². The molecule has 9 nitrogen and oxygen atoms in total. The summed E-state index contributed by atoms with van der Waals surface area (Å²) in [6.45, 7) is 3.66. The quantitative estimate of drug-likeness (QED) is 0.482. The van der Waals surface area contributed by atoms with E-state index >= 15 is 4.39 Å². The largest absolute Gasteiger partial charge is 0.487 e. The maximum atomic E-state index is 15.1. The van der Waals surface area contributed by atoms with Gasteiger partial charge >= 0.3 is 5.97 Å². The molecule has 2 aliphatic heterocycles. The van der Waals surface area contributed by atoms with E-state index in [1.165, 1.54) is 6.20 Å². The van der Waals surface area contributed by atoms with Crippen LogP contribution < -0.4 is 21.2 Å². The first kappa shape index (κ1) is 20.0. The van der Waals surface area contributed by atoms with Crippen molar-refractivity contribution in [2.45, 2.75) is 32.2 Å². The number of aromatic nitrogens is 1. The molecule has 2 aliphatic rings. The highest BCUT2D eigenvalue weighted by Crippen LogP contribution is 2.43. The number of nitrogen functional groups attached to an aromatic ring is 1. The van der Waals surface area contributed by atoms with Crippen LogP contribution in [-0.4, -0.2) is 52.7 Å². The van der Waals surface area contributed by atoms with E-state index in [9.17, 15) is 19.5 Å². The molecule has 0 radical (unpaired) electrons. The molecule has 3 heterocycles. The number of carbonyl (C=O) groups excluding carboxylic acids is 1. The highest BCUT2D eigenvalue weighted by atomic mass is 19.1. The predicted molar refractivity (Wildman–Crippen MR) is 109 cm³/mol. The molecule has 1 saturated heterocycles. The number of nitrogens with two attached hydrogens (primary N) is 1. The lowest BCUT2D eigenvalue weighted by Gasteiger charge is -2.29. The maximum Gasteiger partial charge on any atom is 0.341 e. The number of carboxylic acid groups (broad SMARTS) is 1. The molecule has 4 rings (SSSR count). The van der Waals surface area contributed by atoms with Crippen LogP contribution in [0.4, 0.5) is 15.8 Å². The number of nitrogens with zero attached hydrogens (tertiary/aromatic N) is 2. The van der Waals surface area contributed by atoms with Crippen LogP contribution in [0.3, 0.4) is 0 Å². The lowest BCUT2D eigenvalue weighted by molar-refractivity contribution is -0.127. The van der Waals surface area contributed by atoms with Crippen LogP contribution >= 0.6 is 0 Å². The Morgan fingerprint density at radius 2 is 2.20 bits per heavy atom. The second kappa shape index (κ2) is 7.51. The van der Waals surface area contributed by atoms with Crippen molar-refractivity contribution in [2.75, 3.05) is 37.3 Å². The van der Waals surface area contributed by atoms with Crippen molar-refractivity contribution in [1.82, 2.24) is 9.47 Å². The van der Waals surface area contributed by atoms with Gasteiger partial charge in [0.25, 0.3) is 0 Å². The number of carbonyl (C=O) groups is 2. The highest BCUT2D eigenvalue weighted by molar-refractivity contribution is 6.03. The number of pyridine rings is 1. The molecular formula is C20H23FN4O5. The normalized spacial score (nSPS) is 18.0. The fourth-order valence-corrected chi connectivity index (χ4v) is 4.08. The Labute approximate surface area is 171 Å². The topological polar surface area (TPSA) is 127 Å². The van der Waals surface area contributed by atoms with E-state index in [-0.39, 0.29) is 40.9 Å². The first-order valence-corrected chi connectivity index (χ1v) is 9.88. The van der Waals surface area contributed by atoms with E-state index in [0.29, 0.717) is 25.9 Å². The summed E-state index contributed by atoms with van der Waals surface area (Å²) in [5, 5.41) is 12.2. The van der Waals surface area contributed by atoms with Crippen LogP contribution in [0, 0.1) is 5.82 Å². The molecular weight excluding hydrogens is 395 g/mol. The Kier molecular flexibility index (Phi) is 5.00. The number of halogens is 1. The molecule has 0 spiro atoms. The molecule has 30 heavy (non-hydrogen) atoms. The standard InChI is InChI=1S/C20H23FN4O5/c1-10-9-30-19-16(23-5-3-7-24-6-2-4-12(24)26)14(21)15(22)13-17(19)25(10)8-11(18(13)27)20(28)29/h8,10,23H,2-7,9,22H2,1H3,(H,28,29)/t10-/m0/s1. The number of nitrogens with one attached hydrogen (secondary N) is 1. The van der Waals surface area contributed by atoms with E-state index in [1.54, 1.807) is 16.4 Å². The van der Waals surface area contributed by atoms with E-state index in [4.69, 9.17) is 10.5 Å². The summed E-state index contributed by atoms with van der Waals surface area (Å²) in [6, 6.07) is -0.266. The molecule has 1 atom stereocenters. The van der Waals surface area contributed by atoms with Gasteiger partial charge in [-0.2, -0.15) is 0 Å². The molecule has 2 aromatic rings. The van der Waals surface area contributed by atoms with Gasteiger partial charge in [-0.15, -0.1) is 0 Å². The Bertz CT molecular complexity index is 1110. The number of rotatable bonds is 6. The Balaban J connectivity index is 1.72.